The summed E-state index contributed by atoms with van der Waals surface area (Å²) in [6.07, 6.45) is 1.46. The van der Waals surface area contributed by atoms with E-state index in [4.69, 9.17) is 4.74 Å². The number of amides is 1. The van der Waals surface area contributed by atoms with E-state index in [1.807, 2.05) is 20.8 Å². The summed E-state index contributed by atoms with van der Waals surface area (Å²) in [6.45, 7) is 9.54. The Bertz CT molecular complexity index is 1180. The van der Waals surface area contributed by atoms with Crippen LogP contribution < -0.4 is 10.9 Å². The zero-order valence-electron chi connectivity index (χ0n) is 18.4. The zero-order valence-corrected chi connectivity index (χ0v) is 18.4. The number of carbonyl (C=O) groups is 2. The number of carbonyl (C=O) groups excluding carboxylic acids is 2. The first-order valence-electron chi connectivity index (χ1n) is 10.3. The van der Waals surface area contributed by atoms with Gasteiger partial charge in [-0.25, -0.2) is 14.5 Å². The largest absolute Gasteiger partial charge is 0.449 e. The van der Waals surface area contributed by atoms with Crippen LogP contribution in [0.5, 0.6) is 0 Å². The smallest absolute Gasteiger partial charge is 0.338 e. The van der Waals surface area contributed by atoms with Crippen molar-refractivity contribution < 1.29 is 14.3 Å². The number of benzene rings is 1. The molecule has 0 fully saturated rings. The monoisotopic (exact) mass is 425 g/mol. The van der Waals surface area contributed by atoms with E-state index in [1.165, 1.54) is 6.92 Å². The molecule has 0 aliphatic carbocycles. The lowest BCUT2D eigenvalue weighted by atomic mass is 10.2. The predicted molar refractivity (Wildman–Crippen MR) is 117 cm³/mol. The fourth-order valence-corrected chi connectivity index (χ4v) is 3.26. The molecule has 9 heteroatoms. The maximum Gasteiger partial charge on any atom is 0.338 e. The van der Waals surface area contributed by atoms with Gasteiger partial charge in [-0.05, 0) is 52.3 Å². The van der Waals surface area contributed by atoms with E-state index < -0.39 is 18.0 Å². The molecule has 1 aromatic carbocycles. The van der Waals surface area contributed by atoms with Gasteiger partial charge in [0.05, 0.1) is 28.8 Å². The number of aromatic nitrogens is 4. The van der Waals surface area contributed by atoms with Crippen LogP contribution in [0.3, 0.4) is 0 Å². The van der Waals surface area contributed by atoms with E-state index >= 15 is 0 Å². The fourth-order valence-electron chi connectivity index (χ4n) is 3.26. The number of nitrogens with one attached hydrogen (secondary N) is 1. The Hall–Kier alpha value is -3.49. The van der Waals surface area contributed by atoms with Gasteiger partial charge >= 0.3 is 5.97 Å². The van der Waals surface area contributed by atoms with Crippen LogP contribution in [-0.2, 0) is 16.1 Å². The number of hydrogen-bond donors (Lipinski definition) is 1. The van der Waals surface area contributed by atoms with Crippen LogP contribution in [0.2, 0.25) is 0 Å². The van der Waals surface area contributed by atoms with E-state index in [0.29, 0.717) is 29.1 Å². The Balaban J connectivity index is 1.76. The van der Waals surface area contributed by atoms with Crippen LogP contribution in [0, 0.1) is 6.92 Å². The van der Waals surface area contributed by atoms with E-state index in [0.717, 1.165) is 6.42 Å². The molecule has 0 saturated heterocycles. The summed E-state index contributed by atoms with van der Waals surface area (Å²) in [6, 6.07) is 6.62. The first-order valence-corrected chi connectivity index (χ1v) is 10.3. The highest BCUT2D eigenvalue weighted by Crippen LogP contribution is 2.18. The fraction of sp³-hybridized carbons (Fsp3) is 0.409. The van der Waals surface area contributed by atoms with Crippen molar-refractivity contribution >= 4 is 28.7 Å². The van der Waals surface area contributed by atoms with Gasteiger partial charge in [-0.15, -0.1) is 0 Å². The SMILES string of the molecule is CC[C@H](C)n1nccc1NC(=O)[C@H](C)OC(=O)c1ccc2c(c1)nc(C)c(=O)n2CC. The third-order valence-electron chi connectivity index (χ3n) is 5.24. The molecule has 164 valence electrons. The molecule has 3 rings (SSSR count). The number of aryl methyl sites for hydroxylation is 2. The number of ether oxygens (including phenoxy) is 1. The van der Waals surface area contributed by atoms with Crippen molar-refractivity contribution in [1.29, 1.82) is 0 Å². The van der Waals surface area contributed by atoms with Gasteiger partial charge in [0.25, 0.3) is 11.5 Å². The predicted octanol–water partition coefficient (Wildman–Crippen LogP) is 3.08. The summed E-state index contributed by atoms with van der Waals surface area (Å²) < 4.78 is 8.68. The molecule has 3 aromatic rings. The van der Waals surface area contributed by atoms with E-state index in [9.17, 15) is 14.4 Å². The van der Waals surface area contributed by atoms with E-state index in [2.05, 4.69) is 15.4 Å². The van der Waals surface area contributed by atoms with Gasteiger partial charge in [-0.3, -0.25) is 9.59 Å². The molecule has 31 heavy (non-hydrogen) atoms. The van der Waals surface area contributed by atoms with Crippen molar-refractivity contribution in [3.8, 4) is 0 Å². The molecule has 0 unspecified atom stereocenters. The van der Waals surface area contributed by atoms with Crippen LogP contribution in [0.25, 0.3) is 11.0 Å². The molecule has 9 nitrogen and oxygen atoms in total. The maximum atomic E-state index is 12.6. The Morgan fingerprint density at radius 3 is 2.61 bits per heavy atom. The van der Waals surface area contributed by atoms with Crippen molar-refractivity contribution in [2.75, 3.05) is 5.32 Å². The van der Waals surface area contributed by atoms with Crippen LogP contribution in [0.4, 0.5) is 5.82 Å². The Labute approximate surface area is 180 Å². The van der Waals surface area contributed by atoms with E-state index in [1.54, 1.807) is 46.6 Å². The molecule has 2 atom stereocenters. The summed E-state index contributed by atoms with van der Waals surface area (Å²) in [5.41, 5.74) is 1.60. The maximum absolute atomic E-state index is 12.6. The molecule has 0 spiro atoms. The normalized spacial score (nSPS) is 13.1. The second-order valence-corrected chi connectivity index (χ2v) is 7.41. The van der Waals surface area contributed by atoms with Crippen molar-refractivity contribution in [1.82, 2.24) is 19.3 Å². The topological polar surface area (TPSA) is 108 Å². The van der Waals surface area contributed by atoms with Gasteiger partial charge in [-0.2, -0.15) is 5.10 Å². The van der Waals surface area contributed by atoms with Crippen LogP contribution in [-0.4, -0.2) is 37.3 Å². The van der Waals surface area contributed by atoms with Gasteiger partial charge in [-0.1, -0.05) is 6.92 Å². The highest BCUT2D eigenvalue weighted by Gasteiger charge is 2.21. The third-order valence-corrected chi connectivity index (χ3v) is 5.24. The molecule has 1 amide bonds. The average Bonchev–Trinajstić information content (AvgIpc) is 3.21. The minimum atomic E-state index is -1.01. The molecule has 0 bridgehead atoms. The minimum absolute atomic E-state index is 0.122. The summed E-state index contributed by atoms with van der Waals surface area (Å²) in [5.74, 6) is -0.549. The van der Waals surface area contributed by atoms with Crippen molar-refractivity contribution in [2.24, 2.45) is 0 Å². The Kier molecular flexibility index (Phi) is 6.53. The molecule has 0 aliphatic rings. The highest BCUT2D eigenvalue weighted by atomic mass is 16.5. The standard InChI is InChI=1S/C22H27N5O4/c1-6-13(3)27-19(10-11-23-27)25-20(28)15(5)31-22(30)16-8-9-18-17(12-16)24-14(4)21(29)26(18)7-2/h8-13,15H,6-7H2,1-5H3,(H,25,28)/t13-,15-/m0/s1. The molecular weight excluding hydrogens is 398 g/mol. The second-order valence-electron chi connectivity index (χ2n) is 7.41. The van der Waals surface area contributed by atoms with Crippen LogP contribution >= 0.6 is 0 Å². The number of fused-ring (bicyclic) bond motifs is 1. The van der Waals surface area contributed by atoms with Gasteiger partial charge in [0.2, 0.25) is 0 Å². The lowest BCUT2D eigenvalue weighted by Crippen LogP contribution is -2.31. The Morgan fingerprint density at radius 2 is 1.94 bits per heavy atom. The average molecular weight is 425 g/mol. The molecule has 2 heterocycles. The highest BCUT2D eigenvalue weighted by molar-refractivity contribution is 5.98. The number of hydrogen-bond acceptors (Lipinski definition) is 6. The van der Waals surface area contributed by atoms with Gasteiger partial charge in [0.15, 0.2) is 6.10 Å². The number of anilines is 1. The summed E-state index contributed by atoms with van der Waals surface area (Å²) in [4.78, 5) is 41.7. The lowest BCUT2D eigenvalue weighted by Gasteiger charge is -2.17. The molecule has 2 aromatic heterocycles. The first-order chi connectivity index (χ1) is 14.8. The molecular formula is C22H27N5O4. The van der Waals surface area contributed by atoms with Crippen molar-refractivity contribution in [3.05, 3.63) is 52.1 Å². The van der Waals surface area contributed by atoms with Gasteiger partial charge in [0.1, 0.15) is 11.5 Å². The first kappa shape index (κ1) is 22.2. The van der Waals surface area contributed by atoms with Crippen molar-refractivity contribution in [2.45, 2.75) is 59.7 Å². The quantitative estimate of drug-likeness (QED) is 0.583. The summed E-state index contributed by atoms with van der Waals surface area (Å²) in [7, 11) is 0. The van der Waals surface area contributed by atoms with E-state index in [-0.39, 0.29) is 17.2 Å². The summed E-state index contributed by atoms with van der Waals surface area (Å²) >= 11 is 0. The molecule has 1 N–H and O–H groups in total. The molecule has 0 radical (unpaired) electrons. The summed E-state index contributed by atoms with van der Waals surface area (Å²) in [5, 5.41) is 6.98. The third kappa shape index (κ3) is 4.50. The van der Waals surface area contributed by atoms with Crippen LogP contribution in [0.1, 0.15) is 56.2 Å². The van der Waals surface area contributed by atoms with Gasteiger partial charge < -0.3 is 14.6 Å². The van der Waals surface area contributed by atoms with Crippen molar-refractivity contribution in [3.63, 3.8) is 0 Å². The van der Waals surface area contributed by atoms with Gasteiger partial charge in [0, 0.05) is 12.6 Å². The second kappa shape index (κ2) is 9.11. The number of rotatable bonds is 7. The molecule has 0 saturated carbocycles. The van der Waals surface area contributed by atoms with Crippen LogP contribution in [0.15, 0.2) is 35.3 Å². The lowest BCUT2D eigenvalue weighted by molar-refractivity contribution is -0.123. The number of nitrogens with zero attached hydrogens (tertiary/aromatic N) is 4. The number of esters is 1. The minimum Gasteiger partial charge on any atom is -0.449 e. The Morgan fingerprint density at radius 1 is 1.19 bits per heavy atom. The zero-order chi connectivity index (χ0) is 22.7. The molecule has 0 aliphatic heterocycles.